The van der Waals surface area contributed by atoms with Gasteiger partial charge in [0.15, 0.2) is 0 Å². The van der Waals surface area contributed by atoms with E-state index in [-0.39, 0.29) is 23.7 Å². The van der Waals surface area contributed by atoms with Crippen LogP contribution in [0.1, 0.15) is 22.8 Å². The first-order valence-corrected chi connectivity index (χ1v) is 9.76. The summed E-state index contributed by atoms with van der Waals surface area (Å²) in [6.07, 6.45) is 0.763. The summed E-state index contributed by atoms with van der Waals surface area (Å²) < 4.78 is 5.33. The monoisotopic (exact) mass is 412 g/mol. The first-order valence-electron chi connectivity index (χ1n) is 9.76. The number of nitrogens with zero attached hydrogens (tertiary/aromatic N) is 2. The largest absolute Gasteiger partial charge is 0.378 e. The number of hydrogen-bond acceptors (Lipinski definition) is 6. The molecule has 0 atom stereocenters. The van der Waals surface area contributed by atoms with Crippen LogP contribution in [0.15, 0.2) is 42.5 Å². The van der Waals surface area contributed by atoms with Crippen LogP contribution in [0.5, 0.6) is 0 Å². The van der Waals surface area contributed by atoms with Crippen LogP contribution in [0.4, 0.5) is 17.1 Å². The fraction of sp³-hybridized carbons (Fsp3) is 0.333. The van der Waals surface area contributed by atoms with Gasteiger partial charge in [0.2, 0.25) is 5.91 Å². The number of hydrogen-bond donors (Lipinski definition) is 2. The van der Waals surface area contributed by atoms with Gasteiger partial charge in [-0.15, -0.1) is 0 Å². The third kappa shape index (κ3) is 5.12. The Labute approximate surface area is 174 Å². The third-order valence-corrected chi connectivity index (χ3v) is 4.87. The SMILES string of the molecule is CCc1ccccc1NC(=O)CNC(=O)c1cc([N+](=O)[O-])ccc1N1CCOCC1. The molecule has 9 heteroatoms. The predicted octanol–water partition coefficient (Wildman–Crippen LogP) is 2.36. The second-order valence-electron chi connectivity index (χ2n) is 6.80. The van der Waals surface area contributed by atoms with Gasteiger partial charge >= 0.3 is 0 Å². The Balaban J connectivity index is 1.72. The van der Waals surface area contributed by atoms with Crippen molar-refractivity contribution in [1.82, 2.24) is 5.32 Å². The third-order valence-electron chi connectivity index (χ3n) is 4.87. The maximum atomic E-state index is 12.8. The molecule has 1 fully saturated rings. The normalized spacial score (nSPS) is 13.6. The molecule has 2 aromatic carbocycles. The summed E-state index contributed by atoms with van der Waals surface area (Å²) in [5, 5.41) is 16.5. The number of nitrogens with one attached hydrogen (secondary N) is 2. The van der Waals surface area contributed by atoms with Gasteiger partial charge in [-0.05, 0) is 24.1 Å². The zero-order valence-corrected chi connectivity index (χ0v) is 16.7. The average Bonchev–Trinajstić information content (AvgIpc) is 2.78. The molecule has 0 radical (unpaired) electrons. The number of rotatable bonds is 7. The minimum Gasteiger partial charge on any atom is -0.378 e. The van der Waals surface area contributed by atoms with Crippen molar-refractivity contribution in [3.05, 3.63) is 63.7 Å². The number of carbonyl (C=O) groups is 2. The van der Waals surface area contributed by atoms with Crippen molar-refractivity contribution < 1.29 is 19.2 Å². The molecule has 9 nitrogen and oxygen atoms in total. The molecule has 2 amide bonds. The van der Waals surface area contributed by atoms with Crippen molar-refractivity contribution >= 4 is 28.9 Å². The number of morpholine rings is 1. The molecule has 0 saturated carbocycles. The van der Waals surface area contributed by atoms with Gasteiger partial charge in [-0.25, -0.2) is 0 Å². The Morgan fingerprint density at radius 3 is 2.60 bits per heavy atom. The van der Waals surface area contributed by atoms with Gasteiger partial charge < -0.3 is 20.3 Å². The highest BCUT2D eigenvalue weighted by Crippen LogP contribution is 2.26. The molecule has 1 heterocycles. The summed E-state index contributed by atoms with van der Waals surface area (Å²) in [7, 11) is 0. The van der Waals surface area contributed by atoms with Crippen molar-refractivity contribution in [2.24, 2.45) is 0 Å². The van der Waals surface area contributed by atoms with Gasteiger partial charge in [-0.3, -0.25) is 19.7 Å². The van der Waals surface area contributed by atoms with Crippen LogP contribution >= 0.6 is 0 Å². The highest BCUT2D eigenvalue weighted by molar-refractivity contribution is 6.03. The number of non-ortho nitro benzene ring substituents is 1. The summed E-state index contributed by atoms with van der Waals surface area (Å²) >= 11 is 0. The smallest absolute Gasteiger partial charge is 0.270 e. The van der Waals surface area contributed by atoms with E-state index in [0.29, 0.717) is 37.7 Å². The lowest BCUT2D eigenvalue weighted by Crippen LogP contribution is -2.38. The van der Waals surface area contributed by atoms with Crippen molar-refractivity contribution in [3.8, 4) is 0 Å². The Hall–Kier alpha value is -3.46. The van der Waals surface area contributed by atoms with E-state index < -0.39 is 10.8 Å². The molecular formula is C21H24N4O5. The van der Waals surface area contributed by atoms with E-state index in [1.165, 1.54) is 12.1 Å². The molecule has 0 aromatic heterocycles. The van der Waals surface area contributed by atoms with Crippen LogP contribution in [0, 0.1) is 10.1 Å². The summed E-state index contributed by atoms with van der Waals surface area (Å²) in [5.41, 5.74) is 2.25. The maximum absolute atomic E-state index is 12.8. The van der Waals surface area contributed by atoms with E-state index in [1.807, 2.05) is 30.0 Å². The summed E-state index contributed by atoms with van der Waals surface area (Å²) in [5.74, 6) is -0.915. The second-order valence-corrected chi connectivity index (χ2v) is 6.80. The standard InChI is InChI=1S/C21H24N4O5/c1-2-15-5-3-4-6-18(15)23-20(26)14-22-21(27)17-13-16(25(28)29)7-8-19(17)24-9-11-30-12-10-24/h3-8,13H,2,9-12,14H2,1H3,(H,22,27)(H,23,26). The van der Waals surface area contributed by atoms with E-state index >= 15 is 0 Å². The Bertz CT molecular complexity index is 941. The minimum atomic E-state index is -0.547. The molecule has 1 aliphatic rings. The minimum absolute atomic E-state index is 0.160. The molecule has 0 unspecified atom stereocenters. The zero-order chi connectivity index (χ0) is 21.5. The lowest BCUT2D eigenvalue weighted by atomic mass is 10.1. The van der Waals surface area contributed by atoms with Crippen LogP contribution < -0.4 is 15.5 Å². The van der Waals surface area contributed by atoms with Gasteiger partial charge in [0.25, 0.3) is 11.6 Å². The number of carbonyl (C=O) groups excluding carboxylic acids is 2. The van der Waals surface area contributed by atoms with Crippen LogP contribution in [0.3, 0.4) is 0 Å². The molecule has 1 aliphatic heterocycles. The zero-order valence-electron chi connectivity index (χ0n) is 16.7. The molecule has 1 saturated heterocycles. The van der Waals surface area contributed by atoms with Crippen LogP contribution in [-0.2, 0) is 16.0 Å². The fourth-order valence-electron chi connectivity index (χ4n) is 3.30. The number of nitro benzene ring substituents is 1. The van der Waals surface area contributed by atoms with Gasteiger partial charge in [0.1, 0.15) is 0 Å². The Morgan fingerprint density at radius 1 is 1.17 bits per heavy atom. The number of para-hydroxylation sites is 1. The summed E-state index contributed by atoms with van der Waals surface area (Å²) in [6.45, 7) is 3.91. The molecule has 0 bridgehead atoms. The highest BCUT2D eigenvalue weighted by Gasteiger charge is 2.22. The molecule has 3 rings (SSSR count). The topological polar surface area (TPSA) is 114 Å². The molecule has 2 N–H and O–H groups in total. The fourth-order valence-corrected chi connectivity index (χ4v) is 3.30. The molecular weight excluding hydrogens is 388 g/mol. The summed E-state index contributed by atoms with van der Waals surface area (Å²) in [6, 6.07) is 11.6. The average molecular weight is 412 g/mol. The van der Waals surface area contributed by atoms with Gasteiger partial charge in [-0.1, -0.05) is 25.1 Å². The van der Waals surface area contributed by atoms with Crippen molar-refractivity contribution in [3.63, 3.8) is 0 Å². The lowest BCUT2D eigenvalue weighted by molar-refractivity contribution is -0.384. The van der Waals surface area contributed by atoms with Crippen LogP contribution in [0.2, 0.25) is 0 Å². The van der Waals surface area contributed by atoms with Crippen LogP contribution in [-0.4, -0.2) is 49.6 Å². The van der Waals surface area contributed by atoms with Crippen LogP contribution in [0.25, 0.3) is 0 Å². The Kier molecular flexibility index (Phi) is 6.97. The van der Waals surface area contributed by atoms with Crippen molar-refractivity contribution in [1.29, 1.82) is 0 Å². The second kappa shape index (κ2) is 9.84. The quantitative estimate of drug-likeness (QED) is 0.533. The lowest BCUT2D eigenvalue weighted by Gasteiger charge is -2.30. The predicted molar refractivity (Wildman–Crippen MR) is 113 cm³/mol. The molecule has 30 heavy (non-hydrogen) atoms. The van der Waals surface area contributed by atoms with E-state index in [9.17, 15) is 19.7 Å². The number of nitro groups is 1. The summed E-state index contributed by atoms with van der Waals surface area (Å²) in [4.78, 5) is 37.7. The first kappa shape index (κ1) is 21.3. The molecule has 0 spiro atoms. The maximum Gasteiger partial charge on any atom is 0.270 e. The highest BCUT2D eigenvalue weighted by atomic mass is 16.6. The molecule has 158 valence electrons. The van der Waals surface area contributed by atoms with Crippen molar-refractivity contribution in [2.45, 2.75) is 13.3 Å². The van der Waals surface area contributed by atoms with E-state index in [2.05, 4.69) is 10.6 Å². The van der Waals surface area contributed by atoms with E-state index in [4.69, 9.17) is 4.74 Å². The molecule has 2 aromatic rings. The number of ether oxygens (including phenoxy) is 1. The number of benzene rings is 2. The van der Waals surface area contributed by atoms with Crippen molar-refractivity contribution in [2.75, 3.05) is 43.1 Å². The van der Waals surface area contributed by atoms with E-state index in [1.54, 1.807) is 12.1 Å². The van der Waals surface area contributed by atoms with Gasteiger partial charge in [0.05, 0.1) is 35.9 Å². The number of anilines is 2. The first-order chi connectivity index (χ1) is 14.5. The van der Waals surface area contributed by atoms with E-state index in [0.717, 1.165) is 12.0 Å². The van der Waals surface area contributed by atoms with Gasteiger partial charge in [0, 0.05) is 30.9 Å². The molecule has 0 aliphatic carbocycles. The van der Waals surface area contributed by atoms with Gasteiger partial charge in [-0.2, -0.15) is 0 Å². The number of amides is 2. The Morgan fingerprint density at radius 2 is 1.90 bits per heavy atom. The number of aryl methyl sites for hydroxylation is 1.